The molecule has 2 aromatic carbocycles. The lowest BCUT2D eigenvalue weighted by molar-refractivity contribution is -0.117. The number of amides is 2. The van der Waals surface area contributed by atoms with E-state index in [4.69, 9.17) is 11.6 Å². The topological polar surface area (TPSA) is 64.7 Å². The van der Waals surface area contributed by atoms with Gasteiger partial charge in [-0.2, -0.15) is 0 Å². The average molecular weight is 435 g/mol. The number of aryl methyl sites for hydroxylation is 1. The highest BCUT2D eigenvalue weighted by atomic mass is 35.5. The monoisotopic (exact) mass is 434 g/mol. The van der Waals surface area contributed by atoms with Crippen LogP contribution >= 0.6 is 11.6 Å². The minimum absolute atomic E-state index is 0.00232. The number of carbonyl (C=O) groups excluding carboxylic acids is 2. The van der Waals surface area contributed by atoms with E-state index in [2.05, 4.69) is 10.6 Å². The minimum Gasteiger partial charge on any atom is -0.369 e. The van der Waals surface area contributed by atoms with Crippen LogP contribution in [0, 0.1) is 11.6 Å². The molecule has 0 saturated carbocycles. The lowest BCUT2D eigenvalue weighted by Crippen LogP contribution is -2.48. The van der Waals surface area contributed by atoms with Crippen molar-refractivity contribution in [3.05, 3.63) is 52.6 Å². The van der Waals surface area contributed by atoms with Crippen LogP contribution in [0.1, 0.15) is 12.0 Å². The van der Waals surface area contributed by atoms with E-state index in [-0.39, 0.29) is 18.4 Å². The van der Waals surface area contributed by atoms with E-state index >= 15 is 0 Å². The van der Waals surface area contributed by atoms with Crippen molar-refractivity contribution >= 4 is 40.5 Å². The Morgan fingerprint density at radius 3 is 2.47 bits per heavy atom. The largest absolute Gasteiger partial charge is 0.369 e. The molecule has 0 unspecified atom stereocenters. The molecule has 1 fully saturated rings. The van der Waals surface area contributed by atoms with Gasteiger partial charge in [0.2, 0.25) is 11.8 Å². The first-order valence-corrected chi connectivity index (χ1v) is 10.1. The molecule has 2 aromatic rings. The van der Waals surface area contributed by atoms with Gasteiger partial charge in [0, 0.05) is 49.7 Å². The smallest absolute Gasteiger partial charge is 0.238 e. The van der Waals surface area contributed by atoms with E-state index in [1.807, 2.05) is 15.9 Å². The Hall–Kier alpha value is -2.71. The fourth-order valence-electron chi connectivity index (χ4n) is 3.75. The van der Waals surface area contributed by atoms with Crippen molar-refractivity contribution in [2.45, 2.75) is 12.8 Å². The third-order valence-electron chi connectivity index (χ3n) is 5.36. The lowest BCUT2D eigenvalue weighted by atomic mass is 10.0. The van der Waals surface area contributed by atoms with Gasteiger partial charge in [0.1, 0.15) is 16.7 Å². The summed E-state index contributed by atoms with van der Waals surface area (Å²) in [5, 5.41) is 5.21. The summed E-state index contributed by atoms with van der Waals surface area (Å²) in [5.41, 5.74) is 2.93. The van der Waals surface area contributed by atoms with Crippen LogP contribution in [0.5, 0.6) is 0 Å². The van der Waals surface area contributed by atoms with Crippen molar-refractivity contribution in [1.29, 1.82) is 0 Å². The van der Waals surface area contributed by atoms with E-state index in [9.17, 15) is 18.4 Å². The van der Waals surface area contributed by atoms with Gasteiger partial charge in [-0.3, -0.25) is 14.5 Å². The Bertz CT molecular complexity index is 970. The Labute approximate surface area is 177 Å². The second-order valence-corrected chi connectivity index (χ2v) is 7.83. The molecular formula is C21H21ClF2N4O2. The molecule has 2 aliphatic rings. The lowest BCUT2D eigenvalue weighted by Gasteiger charge is -2.35. The van der Waals surface area contributed by atoms with Crippen molar-refractivity contribution < 1.29 is 18.4 Å². The highest BCUT2D eigenvalue weighted by Crippen LogP contribution is 2.27. The van der Waals surface area contributed by atoms with Crippen molar-refractivity contribution in [2.24, 2.45) is 0 Å². The highest BCUT2D eigenvalue weighted by Gasteiger charge is 2.21. The predicted octanol–water partition coefficient (Wildman–Crippen LogP) is 3.26. The van der Waals surface area contributed by atoms with Crippen LogP contribution in [0.3, 0.4) is 0 Å². The molecule has 158 valence electrons. The number of hydrogen-bond acceptors (Lipinski definition) is 4. The average Bonchev–Trinajstić information content (AvgIpc) is 2.72. The number of anilines is 3. The predicted molar refractivity (Wildman–Crippen MR) is 112 cm³/mol. The number of nitrogens with one attached hydrogen (secondary N) is 2. The number of carbonyl (C=O) groups is 2. The van der Waals surface area contributed by atoms with Crippen LogP contribution in [0.15, 0.2) is 30.3 Å². The normalized spacial score (nSPS) is 16.8. The molecule has 0 bridgehead atoms. The highest BCUT2D eigenvalue weighted by molar-refractivity contribution is 6.31. The molecule has 30 heavy (non-hydrogen) atoms. The van der Waals surface area contributed by atoms with Crippen LogP contribution in [0.25, 0.3) is 0 Å². The second kappa shape index (κ2) is 8.57. The van der Waals surface area contributed by atoms with Gasteiger partial charge in [0.15, 0.2) is 0 Å². The molecule has 0 aromatic heterocycles. The van der Waals surface area contributed by atoms with E-state index in [0.29, 0.717) is 50.4 Å². The molecule has 6 nitrogen and oxygen atoms in total. The van der Waals surface area contributed by atoms with Gasteiger partial charge in [0.05, 0.1) is 6.54 Å². The van der Waals surface area contributed by atoms with Gasteiger partial charge in [-0.25, -0.2) is 8.78 Å². The standard InChI is InChI=1S/C21H21ClF2N4O2/c22-21-16(23)10-15(11-17(21)24)28-7-5-27(6-8-28)12-20(30)25-14-2-3-18-13(9-14)1-4-19(29)26-18/h2-3,9-11H,1,4-8,12H2,(H,25,30)(H,26,29). The van der Waals surface area contributed by atoms with Crippen molar-refractivity contribution in [1.82, 2.24) is 4.90 Å². The van der Waals surface area contributed by atoms with Crippen LogP contribution in [0.2, 0.25) is 5.02 Å². The zero-order valence-electron chi connectivity index (χ0n) is 16.2. The number of benzene rings is 2. The summed E-state index contributed by atoms with van der Waals surface area (Å²) in [6, 6.07) is 7.90. The van der Waals surface area contributed by atoms with E-state index in [1.54, 1.807) is 12.1 Å². The molecule has 2 heterocycles. The minimum atomic E-state index is -0.780. The Kier molecular flexibility index (Phi) is 5.87. The summed E-state index contributed by atoms with van der Waals surface area (Å²) in [5.74, 6) is -1.69. The molecule has 0 atom stereocenters. The number of hydrogen-bond donors (Lipinski definition) is 2. The molecule has 0 radical (unpaired) electrons. The molecule has 4 rings (SSSR count). The number of nitrogens with zero attached hydrogens (tertiary/aromatic N) is 2. The van der Waals surface area contributed by atoms with Gasteiger partial charge in [-0.15, -0.1) is 0 Å². The van der Waals surface area contributed by atoms with Gasteiger partial charge in [0.25, 0.3) is 0 Å². The first-order valence-electron chi connectivity index (χ1n) is 9.73. The summed E-state index contributed by atoms with van der Waals surface area (Å²) in [6.07, 6.45) is 1.09. The maximum Gasteiger partial charge on any atom is 0.238 e. The number of piperazine rings is 1. The fourth-order valence-corrected chi connectivity index (χ4v) is 3.86. The van der Waals surface area contributed by atoms with E-state index in [0.717, 1.165) is 11.3 Å². The first-order chi connectivity index (χ1) is 14.4. The zero-order valence-corrected chi connectivity index (χ0v) is 16.9. The second-order valence-electron chi connectivity index (χ2n) is 7.45. The Balaban J connectivity index is 1.30. The molecule has 9 heteroatoms. The third kappa shape index (κ3) is 4.55. The maximum absolute atomic E-state index is 13.7. The van der Waals surface area contributed by atoms with Crippen LogP contribution in [0.4, 0.5) is 25.8 Å². The Morgan fingerprint density at radius 2 is 1.77 bits per heavy atom. The summed E-state index contributed by atoms with van der Waals surface area (Å²) >= 11 is 5.54. The third-order valence-corrected chi connectivity index (χ3v) is 5.72. The molecule has 2 amide bonds. The molecule has 0 aliphatic carbocycles. The summed E-state index contributed by atoms with van der Waals surface area (Å²) in [4.78, 5) is 27.7. The Morgan fingerprint density at radius 1 is 1.07 bits per heavy atom. The van der Waals surface area contributed by atoms with Crippen molar-refractivity contribution in [3.8, 4) is 0 Å². The quantitative estimate of drug-likeness (QED) is 0.725. The van der Waals surface area contributed by atoms with Gasteiger partial charge in [-0.1, -0.05) is 11.6 Å². The van der Waals surface area contributed by atoms with E-state index in [1.165, 1.54) is 12.1 Å². The molecule has 2 aliphatic heterocycles. The molecule has 2 N–H and O–H groups in total. The molecule has 0 spiro atoms. The van der Waals surface area contributed by atoms with Crippen molar-refractivity contribution in [2.75, 3.05) is 48.3 Å². The number of halogens is 3. The zero-order chi connectivity index (χ0) is 21.3. The molecule has 1 saturated heterocycles. The number of fused-ring (bicyclic) bond motifs is 1. The summed E-state index contributed by atoms with van der Waals surface area (Å²) in [6.45, 7) is 2.51. The fraction of sp³-hybridized carbons (Fsp3) is 0.333. The first kappa shape index (κ1) is 20.6. The molecular weight excluding hydrogens is 414 g/mol. The van der Waals surface area contributed by atoms with Crippen LogP contribution < -0.4 is 15.5 Å². The number of rotatable bonds is 4. The van der Waals surface area contributed by atoms with Crippen LogP contribution in [-0.4, -0.2) is 49.4 Å². The maximum atomic E-state index is 13.7. The van der Waals surface area contributed by atoms with Crippen LogP contribution in [-0.2, 0) is 16.0 Å². The van der Waals surface area contributed by atoms with Crippen molar-refractivity contribution in [3.63, 3.8) is 0 Å². The van der Waals surface area contributed by atoms with Gasteiger partial charge in [-0.05, 0) is 42.3 Å². The van der Waals surface area contributed by atoms with Gasteiger partial charge < -0.3 is 15.5 Å². The summed E-state index contributed by atoms with van der Waals surface area (Å²) < 4.78 is 27.4. The van der Waals surface area contributed by atoms with Gasteiger partial charge >= 0.3 is 0 Å². The summed E-state index contributed by atoms with van der Waals surface area (Å²) in [7, 11) is 0. The SMILES string of the molecule is O=C(CN1CCN(c2cc(F)c(Cl)c(F)c2)CC1)Nc1ccc2c(c1)CCC(=O)N2. The van der Waals surface area contributed by atoms with E-state index < -0.39 is 16.7 Å².